The average molecular weight is 1070 g/mol. The van der Waals surface area contributed by atoms with Gasteiger partial charge < -0.3 is 9.47 Å². The summed E-state index contributed by atoms with van der Waals surface area (Å²) in [6.07, 6.45) is 24.9. The molecule has 0 radical (unpaired) electrons. The topological polar surface area (TPSA) is 44.2 Å². The standard InChI is InChI=1S/C74H88N2O2S/c1-9-13-17-21-43-73(44-22-18-14-10-2)67-47-55(53-25-33-59(34-26-53)77-51(5)6)29-37-63(67)65-39-31-57(49-69(65)73)61-41-42-62(72-71(61)75-79-76-72)58-32-40-66-64-38-30-56(54-27-35-60(36-28-54)78-52(7)8)48-68(64)74(70(66)50-58,45-23-19-15-11-3)46-24-20-16-12-4/h25-42,47-52H,9-24,43-46H2,1-8H3. The Balaban J connectivity index is 1.05. The molecule has 0 bridgehead atoms. The maximum absolute atomic E-state index is 6.06. The molecule has 7 aromatic carbocycles. The SMILES string of the molecule is CCCCCCC1(CCCCCC)c2cc(-c3ccc(OC(C)C)cc3)ccc2-c2ccc(-c3ccc(-c4ccc5c(c4)C(CCCCCC)(CCCCCC)c4cc(-c6ccc(OC(C)C)cc6)ccc4-5)c4nsnc34)cc21. The summed E-state index contributed by atoms with van der Waals surface area (Å²) in [7, 11) is 0. The zero-order valence-electron chi connectivity index (χ0n) is 49.1. The minimum Gasteiger partial charge on any atom is -0.491 e. The first kappa shape index (κ1) is 56.2. The Morgan fingerprint density at radius 3 is 0.911 bits per heavy atom. The molecular weight excluding hydrogens is 981 g/mol. The Bertz CT molecular complexity index is 3060. The first-order valence-electron chi connectivity index (χ1n) is 31.0. The minimum atomic E-state index is -0.0758. The zero-order chi connectivity index (χ0) is 54.9. The third-order valence-corrected chi connectivity index (χ3v) is 18.2. The molecule has 79 heavy (non-hydrogen) atoms. The molecule has 0 fully saturated rings. The van der Waals surface area contributed by atoms with Crippen molar-refractivity contribution in [1.29, 1.82) is 0 Å². The molecule has 0 amide bonds. The third kappa shape index (κ3) is 11.8. The van der Waals surface area contributed by atoms with Gasteiger partial charge in [-0.05, 0) is 180 Å². The average Bonchev–Trinajstić information content (AvgIpc) is 4.23. The van der Waals surface area contributed by atoms with Crippen LogP contribution in [0.2, 0.25) is 0 Å². The van der Waals surface area contributed by atoms with Crippen LogP contribution >= 0.6 is 11.7 Å². The second kappa shape index (κ2) is 25.6. The van der Waals surface area contributed by atoms with Crippen LogP contribution in [0.1, 0.15) is 206 Å². The van der Waals surface area contributed by atoms with Crippen molar-refractivity contribution < 1.29 is 9.47 Å². The number of aromatic nitrogens is 2. The van der Waals surface area contributed by atoms with Crippen molar-refractivity contribution in [2.45, 2.75) is 207 Å². The number of nitrogens with zero attached hydrogens (tertiary/aromatic N) is 2. The Hall–Kier alpha value is -6.04. The molecule has 0 unspecified atom stereocenters. The van der Waals surface area contributed by atoms with Gasteiger partial charge in [0, 0.05) is 22.0 Å². The lowest BCUT2D eigenvalue weighted by molar-refractivity contribution is 0.242. The number of fused-ring (bicyclic) bond motifs is 7. The molecule has 0 N–H and O–H groups in total. The molecule has 0 saturated carbocycles. The van der Waals surface area contributed by atoms with Crippen LogP contribution < -0.4 is 9.47 Å². The maximum Gasteiger partial charge on any atom is 0.119 e. The molecular formula is C74H88N2O2S. The van der Waals surface area contributed by atoms with Gasteiger partial charge in [-0.1, -0.05) is 215 Å². The summed E-state index contributed by atoms with van der Waals surface area (Å²) >= 11 is 1.35. The van der Waals surface area contributed by atoms with E-state index in [9.17, 15) is 0 Å². The first-order valence-corrected chi connectivity index (χ1v) is 31.7. The first-order chi connectivity index (χ1) is 38.6. The van der Waals surface area contributed by atoms with Crippen molar-refractivity contribution in [2.24, 2.45) is 0 Å². The number of hydrogen-bond donors (Lipinski definition) is 0. The highest BCUT2D eigenvalue weighted by atomic mass is 32.1. The second-order valence-corrected chi connectivity index (χ2v) is 24.5. The smallest absolute Gasteiger partial charge is 0.119 e. The second-order valence-electron chi connectivity index (χ2n) is 24.0. The van der Waals surface area contributed by atoms with Crippen LogP contribution in [0, 0.1) is 0 Å². The molecule has 0 atom stereocenters. The van der Waals surface area contributed by atoms with Gasteiger partial charge in [-0.15, -0.1) is 0 Å². The van der Waals surface area contributed by atoms with Crippen LogP contribution in [-0.4, -0.2) is 21.0 Å². The highest BCUT2D eigenvalue weighted by Crippen LogP contribution is 2.58. The van der Waals surface area contributed by atoms with Gasteiger partial charge in [-0.2, -0.15) is 8.75 Å². The number of benzene rings is 7. The van der Waals surface area contributed by atoms with Crippen LogP contribution in [0.15, 0.2) is 133 Å². The molecule has 0 aliphatic heterocycles. The Kier molecular flexibility index (Phi) is 18.2. The summed E-state index contributed by atoms with van der Waals surface area (Å²) in [6, 6.07) is 51.7. The Morgan fingerprint density at radius 2 is 0.608 bits per heavy atom. The summed E-state index contributed by atoms with van der Waals surface area (Å²) in [5, 5.41) is 0. The van der Waals surface area contributed by atoms with E-state index >= 15 is 0 Å². The molecule has 2 aliphatic carbocycles. The van der Waals surface area contributed by atoms with Gasteiger partial charge in [0.25, 0.3) is 0 Å². The van der Waals surface area contributed by atoms with E-state index in [1.165, 1.54) is 203 Å². The van der Waals surface area contributed by atoms with Crippen LogP contribution in [0.25, 0.3) is 77.8 Å². The Labute approximate surface area is 479 Å². The summed E-state index contributed by atoms with van der Waals surface area (Å²) < 4.78 is 22.5. The molecule has 1 aromatic heterocycles. The molecule has 4 nitrogen and oxygen atoms in total. The van der Waals surface area contributed by atoms with E-state index in [1.54, 1.807) is 0 Å². The summed E-state index contributed by atoms with van der Waals surface area (Å²) in [5.41, 5.74) is 23.3. The predicted molar refractivity (Wildman–Crippen MR) is 338 cm³/mol. The monoisotopic (exact) mass is 1070 g/mol. The maximum atomic E-state index is 6.06. The number of unbranched alkanes of at least 4 members (excludes halogenated alkanes) is 12. The van der Waals surface area contributed by atoms with Gasteiger partial charge in [-0.25, -0.2) is 0 Å². The molecule has 2 aliphatic rings. The van der Waals surface area contributed by atoms with Crippen molar-refractivity contribution in [2.75, 3.05) is 0 Å². The van der Waals surface area contributed by atoms with Crippen molar-refractivity contribution in [1.82, 2.24) is 8.75 Å². The predicted octanol–water partition coefficient (Wildman–Crippen LogP) is 22.3. The van der Waals surface area contributed by atoms with E-state index in [4.69, 9.17) is 18.2 Å². The lowest BCUT2D eigenvalue weighted by Gasteiger charge is -2.33. The van der Waals surface area contributed by atoms with E-state index < -0.39 is 0 Å². The van der Waals surface area contributed by atoms with Gasteiger partial charge >= 0.3 is 0 Å². The van der Waals surface area contributed by atoms with E-state index in [-0.39, 0.29) is 23.0 Å². The van der Waals surface area contributed by atoms with Crippen molar-refractivity contribution in [3.05, 3.63) is 156 Å². The fourth-order valence-corrected chi connectivity index (χ4v) is 14.3. The highest BCUT2D eigenvalue weighted by Gasteiger charge is 2.44. The summed E-state index contributed by atoms with van der Waals surface area (Å²) in [4.78, 5) is 0. The highest BCUT2D eigenvalue weighted by molar-refractivity contribution is 7.00. The quantitative estimate of drug-likeness (QED) is 0.0459. The molecule has 412 valence electrons. The third-order valence-electron chi connectivity index (χ3n) is 17.7. The van der Waals surface area contributed by atoms with Gasteiger partial charge in [0.05, 0.1) is 23.9 Å². The lowest BCUT2D eigenvalue weighted by Crippen LogP contribution is -2.25. The number of rotatable bonds is 28. The van der Waals surface area contributed by atoms with Crippen molar-refractivity contribution in [3.63, 3.8) is 0 Å². The van der Waals surface area contributed by atoms with Crippen LogP contribution in [0.5, 0.6) is 11.5 Å². The number of hydrogen-bond acceptors (Lipinski definition) is 5. The minimum absolute atomic E-state index is 0.0758. The van der Waals surface area contributed by atoms with Crippen LogP contribution in [0.3, 0.4) is 0 Å². The molecule has 5 heteroatoms. The zero-order valence-corrected chi connectivity index (χ0v) is 49.9. The van der Waals surface area contributed by atoms with Gasteiger partial charge in [0.1, 0.15) is 22.5 Å². The van der Waals surface area contributed by atoms with Gasteiger partial charge in [0.15, 0.2) is 0 Å². The molecule has 10 rings (SSSR count). The Morgan fingerprint density at radius 1 is 0.329 bits per heavy atom. The lowest BCUT2D eigenvalue weighted by atomic mass is 9.69. The largest absolute Gasteiger partial charge is 0.491 e. The molecule has 1 heterocycles. The van der Waals surface area contributed by atoms with E-state index in [2.05, 4.69) is 189 Å². The van der Waals surface area contributed by atoms with Gasteiger partial charge in [-0.3, -0.25) is 0 Å². The number of ether oxygens (including phenoxy) is 2. The normalized spacial score (nSPS) is 13.7. The summed E-state index contributed by atoms with van der Waals surface area (Å²) in [5.74, 6) is 1.84. The van der Waals surface area contributed by atoms with E-state index in [0.29, 0.717) is 0 Å². The van der Waals surface area contributed by atoms with Crippen LogP contribution in [0.4, 0.5) is 0 Å². The van der Waals surface area contributed by atoms with E-state index in [1.807, 2.05) is 0 Å². The van der Waals surface area contributed by atoms with Crippen LogP contribution in [-0.2, 0) is 10.8 Å². The fourth-order valence-electron chi connectivity index (χ4n) is 13.8. The van der Waals surface area contributed by atoms with Gasteiger partial charge in [0.2, 0.25) is 0 Å². The molecule has 0 spiro atoms. The molecule has 8 aromatic rings. The van der Waals surface area contributed by atoms with Crippen molar-refractivity contribution in [3.8, 4) is 78.3 Å². The summed E-state index contributed by atoms with van der Waals surface area (Å²) in [6.45, 7) is 17.7. The van der Waals surface area contributed by atoms with E-state index in [0.717, 1.165) is 48.2 Å². The molecule has 0 saturated heterocycles. The fraction of sp³-hybridized carbons (Fsp3) is 0.432. The van der Waals surface area contributed by atoms with Crippen molar-refractivity contribution >= 4 is 22.8 Å².